The second kappa shape index (κ2) is 7.38. The number of Topliss-reactive ketones (excluding diaryl/α,β-unsaturated/α-hetero) is 1. The Morgan fingerprint density at radius 2 is 1.62 bits per heavy atom. The van der Waals surface area contributed by atoms with E-state index in [1.807, 2.05) is 19.1 Å². The number of carbonyl (C=O) groups excluding carboxylic acids is 1. The van der Waals surface area contributed by atoms with Crippen LogP contribution in [0.15, 0.2) is 53.7 Å². The molecule has 0 spiro atoms. The average molecular weight is 378 g/mol. The summed E-state index contributed by atoms with van der Waals surface area (Å²) < 4.78 is 0. The molecule has 1 N–H and O–H groups in total. The largest absolute Gasteiger partial charge is 0.293 e. The van der Waals surface area contributed by atoms with E-state index in [9.17, 15) is 4.79 Å². The lowest BCUT2D eigenvalue weighted by atomic mass is 10.1. The molecule has 0 bridgehead atoms. The fourth-order valence-corrected chi connectivity index (χ4v) is 3.15. The van der Waals surface area contributed by atoms with Crippen LogP contribution in [0.1, 0.15) is 17.3 Å². The van der Waals surface area contributed by atoms with E-state index in [2.05, 4.69) is 15.2 Å². The molecule has 7 heteroatoms. The number of carbonyl (C=O) groups is 1. The molecule has 0 saturated heterocycles. The molecule has 2 aromatic carbocycles. The van der Waals surface area contributed by atoms with Gasteiger partial charge in [-0.3, -0.25) is 9.89 Å². The van der Waals surface area contributed by atoms with Gasteiger partial charge in [0.25, 0.3) is 0 Å². The third-order valence-electron chi connectivity index (χ3n) is 3.36. The zero-order valence-electron chi connectivity index (χ0n) is 12.7. The predicted octanol–water partition coefficient (Wildman–Crippen LogP) is 5.14. The second-order valence-electron chi connectivity index (χ2n) is 5.10. The van der Waals surface area contributed by atoms with Crippen LogP contribution in [0.5, 0.6) is 0 Å². The van der Waals surface area contributed by atoms with E-state index >= 15 is 0 Å². The molecule has 0 aliphatic heterocycles. The molecule has 3 rings (SSSR count). The van der Waals surface area contributed by atoms with Gasteiger partial charge in [-0.1, -0.05) is 35.0 Å². The Kier molecular flexibility index (Phi) is 5.23. The number of thioether (sulfide) groups is 1. The molecule has 1 atom stereocenters. The van der Waals surface area contributed by atoms with Gasteiger partial charge < -0.3 is 0 Å². The molecule has 0 saturated carbocycles. The number of aromatic nitrogens is 3. The maximum atomic E-state index is 12.4. The SMILES string of the molecule is CC(Sc1n[nH]c(-c2ccc(Cl)cc2)n1)C(=O)c1ccc(Cl)cc1. The fraction of sp³-hybridized carbons (Fsp3) is 0.118. The Labute approximate surface area is 153 Å². The smallest absolute Gasteiger partial charge is 0.209 e. The summed E-state index contributed by atoms with van der Waals surface area (Å²) in [5.41, 5.74) is 1.50. The maximum Gasteiger partial charge on any atom is 0.209 e. The summed E-state index contributed by atoms with van der Waals surface area (Å²) in [7, 11) is 0. The van der Waals surface area contributed by atoms with Crippen molar-refractivity contribution < 1.29 is 4.79 Å². The number of H-pyrrole nitrogens is 1. The number of nitrogens with one attached hydrogen (secondary N) is 1. The minimum absolute atomic E-state index is 0.00881. The number of halogens is 2. The first-order valence-corrected chi connectivity index (χ1v) is 8.81. The third-order valence-corrected chi connectivity index (χ3v) is 4.83. The van der Waals surface area contributed by atoms with Gasteiger partial charge in [0.05, 0.1) is 5.25 Å². The van der Waals surface area contributed by atoms with Gasteiger partial charge in [0, 0.05) is 21.2 Å². The van der Waals surface area contributed by atoms with Crippen molar-refractivity contribution >= 4 is 40.7 Å². The number of benzene rings is 2. The monoisotopic (exact) mass is 377 g/mol. The number of rotatable bonds is 5. The Morgan fingerprint density at radius 3 is 2.25 bits per heavy atom. The van der Waals surface area contributed by atoms with Gasteiger partial charge in [0.1, 0.15) is 0 Å². The van der Waals surface area contributed by atoms with Crippen LogP contribution in [0.4, 0.5) is 0 Å². The van der Waals surface area contributed by atoms with Crippen LogP contribution >= 0.6 is 35.0 Å². The molecule has 1 aromatic heterocycles. The highest BCUT2D eigenvalue weighted by Crippen LogP contribution is 2.25. The van der Waals surface area contributed by atoms with E-state index in [1.165, 1.54) is 11.8 Å². The highest BCUT2D eigenvalue weighted by Gasteiger charge is 2.19. The molecule has 4 nitrogen and oxygen atoms in total. The van der Waals surface area contributed by atoms with Crippen molar-refractivity contribution in [3.8, 4) is 11.4 Å². The number of nitrogens with zero attached hydrogens (tertiary/aromatic N) is 2. The van der Waals surface area contributed by atoms with Gasteiger partial charge >= 0.3 is 0 Å². The average Bonchev–Trinajstić information content (AvgIpc) is 3.04. The molecule has 1 heterocycles. The van der Waals surface area contributed by atoms with Crippen LogP contribution < -0.4 is 0 Å². The number of aromatic amines is 1. The summed E-state index contributed by atoms with van der Waals surface area (Å²) in [5, 5.41) is 8.53. The molecule has 122 valence electrons. The molecule has 0 radical (unpaired) electrons. The zero-order valence-corrected chi connectivity index (χ0v) is 15.0. The highest BCUT2D eigenvalue weighted by molar-refractivity contribution is 8.00. The molecular weight excluding hydrogens is 365 g/mol. The summed E-state index contributed by atoms with van der Waals surface area (Å²) in [6.45, 7) is 1.83. The summed E-state index contributed by atoms with van der Waals surface area (Å²) in [5.74, 6) is 0.648. The van der Waals surface area contributed by atoms with Crippen molar-refractivity contribution in [1.82, 2.24) is 15.2 Å². The Hall–Kier alpha value is -1.82. The van der Waals surface area contributed by atoms with Gasteiger partial charge in [-0.2, -0.15) is 0 Å². The number of ketones is 1. The van der Waals surface area contributed by atoms with E-state index in [0.29, 0.717) is 26.6 Å². The first kappa shape index (κ1) is 17.0. The highest BCUT2D eigenvalue weighted by atomic mass is 35.5. The van der Waals surface area contributed by atoms with Crippen molar-refractivity contribution in [2.45, 2.75) is 17.3 Å². The minimum atomic E-state index is -0.306. The van der Waals surface area contributed by atoms with Gasteiger partial charge in [-0.15, -0.1) is 5.10 Å². The van der Waals surface area contributed by atoms with Crippen molar-refractivity contribution in [2.75, 3.05) is 0 Å². The summed E-state index contributed by atoms with van der Waals surface area (Å²) >= 11 is 13.0. The van der Waals surface area contributed by atoms with Crippen LogP contribution in [-0.2, 0) is 0 Å². The molecule has 0 amide bonds. The molecule has 1 unspecified atom stereocenters. The fourth-order valence-electron chi connectivity index (χ4n) is 2.10. The van der Waals surface area contributed by atoms with E-state index in [4.69, 9.17) is 23.2 Å². The number of hydrogen-bond donors (Lipinski definition) is 1. The van der Waals surface area contributed by atoms with Gasteiger partial charge in [-0.05, 0) is 55.5 Å². The van der Waals surface area contributed by atoms with E-state index < -0.39 is 0 Å². The summed E-state index contributed by atoms with van der Waals surface area (Å²) in [6, 6.07) is 14.2. The lowest BCUT2D eigenvalue weighted by Gasteiger charge is -2.07. The number of hydrogen-bond acceptors (Lipinski definition) is 4. The van der Waals surface area contributed by atoms with Crippen LogP contribution in [0.25, 0.3) is 11.4 Å². The minimum Gasteiger partial charge on any atom is -0.293 e. The second-order valence-corrected chi connectivity index (χ2v) is 7.29. The normalized spacial score (nSPS) is 12.1. The third kappa shape index (κ3) is 3.98. The lowest BCUT2D eigenvalue weighted by molar-refractivity contribution is 0.0994. The Morgan fingerprint density at radius 1 is 1.04 bits per heavy atom. The zero-order chi connectivity index (χ0) is 17.1. The first-order valence-electron chi connectivity index (χ1n) is 7.18. The van der Waals surface area contributed by atoms with Gasteiger partial charge in [0.15, 0.2) is 11.6 Å². The van der Waals surface area contributed by atoms with Crippen LogP contribution in [0, 0.1) is 0 Å². The summed E-state index contributed by atoms with van der Waals surface area (Å²) in [6.07, 6.45) is 0. The van der Waals surface area contributed by atoms with Crippen LogP contribution in [0.3, 0.4) is 0 Å². The molecule has 0 fully saturated rings. The Bertz CT molecular complexity index is 847. The molecule has 3 aromatic rings. The maximum absolute atomic E-state index is 12.4. The standard InChI is InChI=1S/C17H13Cl2N3OS/c1-10(15(23)11-2-6-13(18)7-3-11)24-17-20-16(21-22-17)12-4-8-14(19)9-5-12/h2-10H,1H3,(H,20,21,22). The molecule has 0 aliphatic carbocycles. The van der Waals surface area contributed by atoms with Gasteiger partial charge in [-0.25, -0.2) is 4.98 Å². The quantitative estimate of drug-likeness (QED) is 0.493. The van der Waals surface area contributed by atoms with Crippen molar-refractivity contribution in [3.63, 3.8) is 0 Å². The molecule has 24 heavy (non-hydrogen) atoms. The topological polar surface area (TPSA) is 58.6 Å². The van der Waals surface area contributed by atoms with Crippen LogP contribution in [-0.4, -0.2) is 26.2 Å². The van der Waals surface area contributed by atoms with E-state index in [-0.39, 0.29) is 11.0 Å². The predicted molar refractivity (Wildman–Crippen MR) is 97.9 cm³/mol. The molecular formula is C17H13Cl2N3OS. The van der Waals surface area contributed by atoms with Crippen molar-refractivity contribution in [2.24, 2.45) is 0 Å². The lowest BCUT2D eigenvalue weighted by Crippen LogP contribution is -2.13. The van der Waals surface area contributed by atoms with E-state index in [1.54, 1.807) is 36.4 Å². The first-order chi connectivity index (χ1) is 11.5. The van der Waals surface area contributed by atoms with Crippen LogP contribution in [0.2, 0.25) is 10.0 Å². The Balaban J connectivity index is 1.70. The van der Waals surface area contributed by atoms with E-state index in [0.717, 1.165) is 5.56 Å². The molecule has 0 aliphatic rings. The van der Waals surface area contributed by atoms with Crippen molar-refractivity contribution in [1.29, 1.82) is 0 Å². The van der Waals surface area contributed by atoms with Crippen molar-refractivity contribution in [3.05, 3.63) is 64.1 Å². The van der Waals surface area contributed by atoms with Gasteiger partial charge in [0.2, 0.25) is 5.16 Å². The summed E-state index contributed by atoms with van der Waals surface area (Å²) in [4.78, 5) is 16.9.